The fourth-order valence-corrected chi connectivity index (χ4v) is 0.617. The van der Waals surface area contributed by atoms with E-state index >= 15 is 0 Å². The summed E-state index contributed by atoms with van der Waals surface area (Å²) in [6.45, 7) is 3.05. The molecule has 0 heterocycles. The van der Waals surface area contributed by atoms with Gasteiger partial charge >= 0.3 is 0 Å². The molecule has 0 rings (SSSR count). The zero-order valence-corrected chi connectivity index (χ0v) is 7.63. The summed E-state index contributed by atoms with van der Waals surface area (Å²) in [5.41, 5.74) is 6.87. The van der Waals surface area contributed by atoms with Crippen LogP contribution in [0.25, 0.3) is 0 Å². The molecule has 2 amide bonds. The van der Waals surface area contributed by atoms with E-state index in [-0.39, 0.29) is 12.5 Å². The Kier molecular flexibility index (Phi) is 6.85. The molecular weight excluding hydrogens is 174 g/mol. The average molecular weight is 189 g/mol. The van der Waals surface area contributed by atoms with Gasteiger partial charge in [0.05, 0.1) is 0 Å². The molecule has 0 aromatic heterocycles. The lowest BCUT2D eigenvalue weighted by atomic mass is 10.4. The second-order valence-corrected chi connectivity index (χ2v) is 2.38. The van der Waals surface area contributed by atoms with E-state index in [2.05, 4.69) is 15.6 Å². The van der Waals surface area contributed by atoms with Crippen LogP contribution >= 0.6 is 0 Å². The summed E-state index contributed by atoms with van der Waals surface area (Å²) in [6.07, 6.45) is 0.312. The number of carbonyl (C=O) groups excluding carboxylic acids is 2. The van der Waals surface area contributed by atoms with Gasteiger partial charge in [-0.1, -0.05) is 6.92 Å². The van der Waals surface area contributed by atoms with E-state index < -0.39 is 5.91 Å². The first kappa shape index (κ1) is 11.9. The first-order chi connectivity index (χ1) is 6.16. The summed E-state index contributed by atoms with van der Waals surface area (Å²) in [4.78, 5) is 25.5. The van der Waals surface area contributed by atoms with Gasteiger partial charge in [-0.25, -0.2) is 5.48 Å². The SMILES string of the molecule is CCNCCC(=O)NOCC(N)=O. The number of hydroxylamine groups is 1. The van der Waals surface area contributed by atoms with Crippen LogP contribution in [-0.4, -0.2) is 31.5 Å². The summed E-state index contributed by atoms with van der Waals surface area (Å²) < 4.78 is 0. The minimum Gasteiger partial charge on any atom is -0.368 e. The molecule has 0 radical (unpaired) electrons. The van der Waals surface area contributed by atoms with Crippen LogP contribution in [0.4, 0.5) is 0 Å². The van der Waals surface area contributed by atoms with Crippen LogP contribution in [0.1, 0.15) is 13.3 Å². The van der Waals surface area contributed by atoms with Gasteiger partial charge < -0.3 is 11.1 Å². The lowest BCUT2D eigenvalue weighted by Crippen LogP contribution is -2.31. The molecule has 0 unspecified atom stereocenters. The monoisotopic (exact) mass is 189 g/mol. The lowest BCUT2D eigenvalue weighted by Gasteiger charge is -2.03. The molecule has 0 bridgehead atoms. The fourth-order valence-electron chi connectivity index (χ4n) is 0.617. The second-order valence-electron chi connectivity index (χ2n) is 2.38. The van der Waals surface area contributed by atoms with E-state index in [1.165, 1.54) is 0 Å². The maximum atomic E-state index is 10.9. The van der Waals surface area contributed by atoms with Gasteiger partial charge in [-0.15, -0.1) is 0 Å². The summed E-state index contributed by atoms with van der Waals surface area (Å²) >= 11 is 0. The summed E-state index contributed by atoms with van der Waals surface area (Å²) in [6, 6.07) is 0. The highest BCUT2D eigenvalue weighted by Gasteiger charge is 2.00. The summed E-state index contributed by atoms with van der Waals surface area (Å²) in [5, 5.41) is 2.97. The predicted molar refractivity (Wildman–Crippen MR) is 46.4 cm³/mol. The molecule has 0 fully saturated rings. The van der Waals surface area contributed by atoms with Gasteiger partial charge in [0.2, 0.25) is 11.8 Å². The predicted octanol–water partition coefficient (Wildman–Crippen LogP) is -1.48. The standard InChI is InChI=1S/C7H15N3O3/c1-2-9-4-3-7(12)10-13-5-6(8)11/h9H,2-5H2,1H3,(H2,8,11)(H,10,12). The molecule has 0 saturated carbocycles. The zero-order valence-electron chi connectivity index (χ0n) is 7.63. The third kappa shape index (κ3) is 8.77. The van der Waals surface area contributed by atoms with Crippen LogP contribution in [0.3, 0.4) is 0 Å². The zero-order chi connectivity index (χ0) is 10.1. The van der Waals surface area contributed by atoms with Crippen molar-refractivity contribution in [1.29, 1.82) is 0 Å². The lowest BCUT2D eigenvalue weighted by molar-refractivity contribution is -0.137. The van der Waals surface area contributed by atoms with Crippen LogP contribution < -0.4 is 16.5 Å². The normalized spacial score (nSPS) is 9.62. The molecule has 0 saturated heterocycles. The molecule has 0 aliphatic carbocycles. The quantitative estimate of drug-likeness (QED) is 0.336. The molecule has 0 aromatic carbocycles. The Hall–Kier alpha value is -1.14. The van der Waals surface area contributed by atoms with Crippen molar-refractivity contribution in [2.45, 2.75) is 13.3 Å². The number of amides is 2. The number of nitrogens with two attached hydrogens (primary N) is 1. The van der Waals surface area contributed by atoms with E-state index in [0.29, 0.717) is 13.0 Å². The van der Waals surface area contributed by atoms with Crippen molar-refractivity contribution in [2.75, 3.05) is 19.7 Å². The Labute approximate surface area is 76.8 Å². The molecule has 0 aromatic rings. The minimum absolute atomic E-state index is 0.276. The number of nitrogens with one attached hydrogen (secondary N) is 2. The Morgan fingerprint density at radius 1 is 1.46 bits per heavy atom. The number of carbonyl (C=O) groups is 2. The van der Waals surface area contributed by atoms with E-state index in [1.54, 1.807) is 0 Å². The first-order valence-electron chi connectivity index (χ1n) is 4.06. The van der Waals surface area contributed by atoms with E-state index in [0.717, 1.165) is 6.54 Å². The molecule has 6 heteroatoms. The maximum Gasteiger partial charge on any atom is 0.246 e. The highest BCUT2D eigenvalue weighted by Crippen LogP contribution is 1.77. The van der Waals surface area contributed by atoms with Gasteiger partial charge in [0, 0.05) is 13.0 Å². The molecule has 0 spiro atoms. The Balaban J connectivity index is 3.25. The topological polar surface area (TPSA) is 93.4 Å². The Morgan fingerprint density at radius 2 is 2.15 bits per heavy atom. The van der Waals surface area contributed by atoms with Crippen molar-refractivity contribution in [3.63, 3.8) is 0 Å². The van der Waals surface area contributed by atoms with Gasteiger partial charge in [-0.05, 0) is 6.54 Å². The third-order valence-electron chi connectivity index (χ3n) is 1.18. The molecule has 0 atom stereocenters. The second kappa shape index (κ2) is 7.51. The first-order valence-corrected chi connectivity index (χ1v) is 4.06. The molecule has 76 valence electrons. The molecule has 0 aliphatic rings. The molecule has 6 nitrogen and oxygen atoms in total. The van der Waals surface area contributed by atoms with Crippen LogP contribution in [0.15, 0.2) is 0 Å². The summed E-state index contributed by atoms with van der Waals surface area (Å²) in [5.74, 6) is -0.894. The molecule has 4 N–H and O–H groups in total. The van der Waals surface area contributed by atoms with E-state index in [9.17, 15) is 9.59 Å². The number of hydrogen-bond donors (Lipinski definition) is 3. The van der Waals surface area contributed by atoms with Gasteiger partial charge in [-0.2, -0.15) is 0 Å². The van der Waals surface area contributed by atoms with Gasteiger partial charge in [0.1, 0.15) is 0 Å². The Morgan fingerprint density at radius 3 is 2.69 bits per heavy atom. The van der Waals surface area contributed by atoms with Crippen LogP contribution in [0.2, 0.25) is 0 Å². The largest absolute Gasteiger partial charge is 0.368 e. The van der Waals surface area contributed by atoms with Crippen molar-refractivity contribution in [2.24, 2.45) is 5.73 Å². The highest BCUT2D eigenvalue weighted by molar-refractivity contribution is 5.77. The van der Waals surface area contributed by atoms with Crippen molar-refractivity contribution in [3.8, 4) is 0 Å². The molecule has 0 aliphatic heterocycles. The van der Waals surface area contributed by atoms with Crippen molar-refractivity contribution in [1.82, 2.24) is 10.8 Å². The minimum atomic E-state index is -0.619. The van der Waals surface area contributed by atoms with Crippen molar-refractivity contribution < 1.29 is 14.4 Å². The van der Waals surface area contributed by atoms with E-state index in [1.807, 2.05) is 6.92 Å². The fraction of sp³-hybridized carbons (Fsp3) is 0.714. The number of rotatable bonds is 7. The maximum absolute atomic E-state index is 10.9. The number of primary amides is 1. The number of hydrogen-bond acceptors (Lipinski definition) is 4. The van der Waals surface area contributed by atoms with Crippen molar-refractivity contribution in [3.05, 3.63) is 0 Å². The third-order valence-corrected chi connectivity index (χ3v) is 1.18. The van der Waals surface area contributed by atoms with Gasteiger partial charge in [-0.3, -0.25) is 14.4 Å². The molecular formula is C7H15N3O3. The van der Waals surface area contributed by atoms with Gasteiger partial charge in [0.15, 0.2) is 6.61 Å². The van der Waals surface area contributed by atoms with E-state index in [4.69, 9.17) is 5.73 Å². The Bertz CT molecular complexity index is 172. The smallest absolute Gasteiger partial charge is 0.246 e. The molecule has 13 heavy (non-hydrogen) atoms. The van der Waals surface area contributed by atoms with Gasteiger partial charge in [0.25, 0.3) is 0 Å². The van der Waals surface area contributed by atoms with Crippen molar-refractivity contribution >= 4 is 11.8 Å². The highest BCUT2D eigenvalue weighted by atomic mass is 16.7. The van der Waals surface area contributed by atoms with Crippen LogP contribution in [0, 0.1) is 0 Å². The van der Waals surface area contributed by atoms with Crippen LogP contribution in [-0.2, 0) is 14.4 Å². The van der Waals surface area contributed by atoms with Crippen LogP contribution in [0.5, 0.6) is 0 Å². The average Bonchev–Trinajstić information content (AvgIpc) is 2.04. The summed E-state index contributed by atoms with van der Waals surface area (Å²) in [7, 11) is 0.